The molecule has 1 N–H and O–H groups in total. The number of benzene rings is 2. The van der Waals surface area contributed by atoms with Crippen molar-refractivity contribution in [2.75, 3.05) is 5.75 Å². The lowest BCUT2D eigenvalue weighted by molar-refractivity contribution is -0.384. The van der Waals surface area contributed by atoms with Gasteiger partial charge in [-0.3, -0.25) is 19.9 Å². The van der Waals surface area contributed by atoms with Gasteiger partial charge in [-0.15, -0.1) is 10.2 Å². The van der Waals surface area contributed by atoms with Crippen molar-refractivity contribution in [3.8, 4) is 28.3 Å². The van der Waals surface area contributed by atoms with Gasteiger partial charge >= 0.3 is 0 Å². The summed E-state index contributed by atoms with van der Waals surface area (Å²) in [5, 5.41) is 28.8. The van der Waals surface area contributed by atoms with Crippen LogP contribution in [0.1, 0.15) is 5.56 Å². The van der Waals surface area contributed by atoms with E-state index in [4.69, 9.17) is 0 Å². The number of rotatable bonds is 9. The van der Waals surface area contributed by atoms with Crippen LogP contribution in [0.5, 0.6) is 0 Å². The topological polar surface area (TPSA) is 146 Å². The van der Waals surface area contributed by atoms with E-state index in [1.165, 1.54) is 30.1 Å². The second-order valence-corrected chi connectivity index (χ2v) is 9.14. The Morgan fingerprint density at radius 2 is 1.79 bits per heavy atom. The third-order valence-electron chi connectivity index (χ3n) is 5.61. The molecule has 0 aliphatic carbocycles. The molecule has 0 spiro atoms. The van der Waals surface area contributed by atoms with Crippen molar-refractivity contribution in [1.29, 1.82) is 0 Å². The Labute approximate surface area is 226 Å². The zero-order valence-electron chi connectivity index (χ0n) is 20.6. The van der Waals surface area contributed by atoms with Gasteiger partial charge in [0, 0.05) is 54.5 Å². The minimum Gasteiger partial charge on any atom is -0.305 e. The number of para-hydroxylation sites is 1. The quantitative estimate of drug-likeness (QED) is 0.129. The number of hydrogen-bond acceptors (Lipinski definition) is 9. The fraction of sp³-hybridized carbons (Fsp3) is 0.0769. The third-order valence-corrected chi connectivity index (χ3v) is 6.63. The van der Waals surface area contributed by atoms with Crippen molar-refractivity contribution >= 4 is 29.6 Å². The molecule has 0 aliphatic heterocycles. The van der Waals surface area contributed by atoms with Crippen LogP contribution in [0.2, 0.25) is 0 Å². The zero-order chi connectivity index (χ0) is 27.2. The van der Waals surface area contributed by atoms with Crippen LogP contribution in [0, 0.1) is 10.1 Å². The fourth-order valence-corrected chi connectivity index (χ4v) is 4.39. The smallest absolute Gasteiger partial charge is 0.269 e. The van der Waals surface area contributed by atoms with E-state index >= 15 is 0 Å². The Balaban J connectivity index is 1.29. The van der Waals surface area contributed by atoms with Crippen LogP contribution in [-0.2, 0) is 11.8 Å². The average molecular weight is 540 g/mol. The lowest BCUT2D eigenvalue weighted by Crippen LogP contribution is -2.20. The van der Waals surface area contributed by atoms with E-state index in [0.717, 1.165) is 11.3 Å². The summed E-state index contributed by atoms with van der Waals surface area (Å²) in [6.07, 6.45) is 6.63. The highest BCUT2D eigenvalue weighted by Crippen LogP contribution is 2.25. The first-order valence-electron chi connectivity index (χ1n) is 11.6. The maximum atomic E-state index is 12.5. The molecular formula is C26H21N9O3S. The first-order valence-corrected chi connectivity index (χ1v) is 12.6. The largest absolute Gasteiger partial charge is 0.305 e. The summed E-state index contributed by atoms with van der Waals surface area (Å²) >= 11 is 1.24. The molecule has 1 amide bonds. The van der Waals surface area contributed by atoms with Crippen molar-refractivity contribution in [2.45, 2.75) is 5.16 Å². The summed E-state index contributed by atoms with van der Waals surface area (Å²) in [4.78, 5) is 27.1. The van der Waals surface area contributed by atoms with Gasteiger partial charge in [0.05, 0.1) is 22.6 Å². The Morgan fingerprint density at radius 3 is 2.51 bits per heavy atom. The van der Waals surface area contributed by atoms with E-state index in [9.17, 15) is 14.9 Å². The molecule has 0 radical (unpaired) electrons. The van der Waals surface area contributed by atoms with Crippen LogP contribution in [0.3, 0.4) is 0 Å². The van der Waals surface area contributed by atoms with Crippen molar-refractivity contribution in [1.82, 2.24) is 35.0 Å². The lowest BCUT2D eigenvalue weighted by Gasteiger charge is -2.03. The molecule has 3 aromatic heterocycles. The molecule has 0 unspecified atom stereocenters. The van der Waals surface area contributed by atoms with Crippen LogP contribution in [0.4, 0.5) is 5.69 Å². The molecule has 194 valence electrons. The summed E-state index contributed by atoms with van der Waals surface area (Å²) in [7, 11) is 1.83. The lowest BCUT2D eigenvalue weighted by atomic mass is 10.1. The van der Waals surface area contributed by atoms with Gasteiger partial charge < -0.3 is 4.57 Å². The normalized spacial score (nSPS) is 11.1. The predicted octanol–water partition coefficient (Wildman–Crippen LogP) is 3.88. The van der Waals surface area contributed by atoms with Gasteiger partial charge in [-0.2, -0.15) is 10.2 Å². The van der Waals surface area contributed by atoms with Gasteiger partial charge in [0.25, 0.3) is 11.6 Å². The second kappa shape index (κ2) is 11.5. The maximum absolute atomic E-state index is 12.5. The number of aromatic nitrogens is 6. The van der Waals surface area contributed by atoms with E-state index in [0.29, 0.717) is 27.8 Å². The van der Waals surface area contributed by atoms with Crippen LogP contribution < -0.4 is 5.43 Å². The summed E-state index contributed by atoms with van der Waals surface area (Å²) in [6.45, 7) is 0. The summed E-state index contributed by atoms with van der Waals surface area (Å²) < 4.78 is 3.50. The first-order chi connectivity index (χ1) is 19.0. The van der Waals surface area contributed by atoms with Gasteiger partial charge in [-0.25, -0.2) is 10.1 Å². The molecule has 0 saturated heterocycles. The average Bonchev–Trinajstić information content (AvgIpc) is 3.56. The molecule has 2 aromatic carbocycles. The van der Waals surface area contributed by atoms with Gasteiger partial charge in [0.1, 0.15) is 5.69 Å². The molecule has 0 fully saturated rings. The Morgan fingerprint density at radius 1 is 1.05 bits per heavy atom. The van der Waals surface area contributed by atoms with Gasteiger partial charge in [-0.05, 0) is 36.4 Å². The summed E-state index contributed by atoms with van der Waals surface area (Å²) in [6, 6.07) is 19.3. The van der Waals surface area contributed by atoms with Crippen molar-refractivity contribution in [3.63, 3.8) is 0 Å². The number of nitrogens with one attached hydrogen (secondary N) is 1. The third kappa shape index (κ3) is 5.88. The predicted molar refractivity (Wildman–Crippen MR) is 146 cm³/mol. The monoisotopic (exact) mass is 539 g/mol. The van der Waals surface area contributed by atoms with Crippen LogP contribution in [0.25, 0.3) is 28.3 Å². The van der Waals surface area contributed by atoms with E-state index < -0.39 is 4.92 Å². The van der Waals surface area contributed by atoms with E-state index in [1.807, 2.05) is 54.1 Å². The molecule has 5 rings (SSSR count). The van der Waals surface area contributed by atoms with Gasteiger partial charge in [0.2, 0.25) is 0 Å². The van der Waals surface area contributed by atoms with Crippen molar-refractivity contribution in [2.24, 2.45) is 12.1 Å². The number of carbonyl (C=O) groups excluding carboxylic acids is 1. The summed E-state index contributed by atoms with van der Waals surface area (Å²) in [5.74, 6) is 0.433. The van der Waals surface area contributed by atoms with E-state index in [-0.39, 0.29) is 17.3 Å². The highest BCUT2D eigenvalue weighted by atomic mass is 32.2. The number of hydrazone groups is 1. The number of nitrogens with zero attached hydrogens (tertiary/aromatic N) is 8. The summed E-state index contributed by atoms with van der Waals surface area (Å²) in [5.41, 5.74) is 6.07. The van der Waals surface area contributed by atoms with E-state index in [2.05, 4.69) is 30.8 Å². The Hall–Kier alpha value is -5.17. The molecule has 0 atom stereocenters. The molecule has 0 bridgehead atoms. The molecule has 3 heterocycles. The number of nitro groups is 1. The highest BCUT2D eigenvalue weighted by Gasteiger charge is 2.15. The number of hydrogen-bond donors (Lipinski definition) is 1. The van der Waals surface area contributed by atoms with Crippen molar-refractivity contribution in [3.05, 3.63) is 101 Å². The van der Waals surface area contributed by atoms with Gasteiger partial charge in [0.15, 0.2) is 11.0 Å². The molecule has 12 nitrogen and oxygen atoms in total. The number of carbonyl (C=O) groups is 1. The number of nitro benzene ring substituents is 1. The first kappa shape index (κ1) is 25.5. The standard InChI is InChI=1S/C26H21N9O3S/c1-33-25(19-11-13-27-14-12-19)30-31-26(33)39-17-23(36)29-28-15-20-16-34(21-5-3-2-4-6-21)32-24(20)18-7-9-22(10-8-18)35(37)38/h2-16H,17H2,1H3,(H,29,36)/b28-15+. The molecule has 39 heavy (non-hydrogen) atoms. The molecule has 0 saturated carbocycles. The number of non-ortho nitro benzene ring substituents is 1. The second-order valence-electron chi connectivity index (χ2n) is 8.20. The van der Waals surface area contributed by atoms with Crippen LogP contribution in [-0.4, -0.2) is 52.3 Å². The number of amides is 1. The fourth-order valence-electron chi connectivity index (χ4n) is 3.69. The Bertz CT molecular complexity index is 1630. The van der Waals surface area contributed by atoms with E-state index in [1.54, 1.807) is 35.4 Å². The number of pyridine rings is 1. The maximum Gasteiger partial charge on any atom is 0.269 e. The minimum absolute atomic E-state index is 0.0166. The number of thioether (sulfide) groups is 1. The molecule has 13 heteroatoms. The molecule has 0 aliphatic rings. The SMILES string of the molecule is Cn1c(SCC(=O)N/N=C/c2cn(-c3ccccc3)nc2-c2ccc([N+](=O)[O-])cc2)nnc1-c1ccncc1. The minimum atomic E-state index is -0.455. The molecule has 5 aromatic rings. The molecular weight excluding hydrogens is 518 g/mol. The van der Waals surface area contributed by atoms with Crippen LogP contribution in [0.15, 0.2) is 95.6 Å². The van der Waals surface area contributed by atoms with Crippen molar-refractivity contribution < 1.29 is 9.72 Å². The zero-order valence-corrected chi connectivity index (χ0v) is 21.4. The van der Waals surface area contributed by atoms with Crippen LogP contribution >= 0.6 is 11.8 Å². The highest BCUT2D eigenvalue weighted by molar-refractivity contribution is 7.99. The Kier molecular flexibility index (Phi) is 7.50. The van der Waals surface area contributed by atoms with Gasteiger partial charge in [-0.1, -0.05) is 30.0 Å².